The van der Waals surface area contributed by atoms with Crippen LogP contribution >= 0.6 is 22.7 Å². The third-order valence-corrected chi connectivity index (χ3v) is 5.78. The summed E-state index contributed by atoms with van der Waals surface area (Å²) in [6.45, 7) is 5.58. The van der Waals surface area contributed by atoms with Crippen LogP contribution in [0.1, 0.15) is 26.7 Å². The molecule has 0 aliphatic heterocycles. The lowest BCUT2D eigenvalue weighted by molar-refractivity contribution is -0.132. The van der Waals surface area contributed by atoms with Crippen molar-refractivity contribution in [3.63, 3.8) is 0 Å². The maximum atomic E-state index is 12.9. The fourth-order valence-corrected chi connectivity index (χ4v) is 4.56. The predicted octanol–water partition coefficient (Wildman–Crippen LogP) is 3.84. The summed E-state index contributed by atoms with van der Waals surface area (Å²) >= 11 is 3.06. The maximum Gasteiger partial charge on any atom is 0.263 e. The van der Waals surface area contributed by atoms with E-state index in [9.17, 15) is 9.59 Å². The third kappa shape index (κ3) is 3.67. The molecule has 5 nitrogen and oxygen atoms in total. The summed E-state index contributed by atoms with van der Waals surface area (Å²) in [6.07, 6.45) is 3.31. The largest absolute Gasteiger partial charge is 0.341 e. The number of fused-ring (bicyclic) bond motifs is 1. The van der Waals surface area contributed by atoms with Gasteiger partial charge < -0.3 is 4.90 Å². The fraction of sp³-hybridized carbons (Fsp3) is 0.389. The molecule has 0 aliphatic rings. The van der Waals surface area contributed by atoms with E-state index in [1.54, 1.807) is 11.3 Å². The van der Waals surface area contributed by atoms with Crippen molar-refractivity contribution in [2.45, 2.75) is 33.2 Å². The van der Waals surface area contributed by atoms with Crippen molar-refractivity contribution in [3.05, 3.63) is 39.6 Å². The second-order valence-corrected chi connectivity index (χ2v) is 7.67. The van der Waals surface area contributed by atoms with Crippen LogP contribution in [0.3, 0.4) is 0 Å². The Labute approximate surface area is 154 Å². The van der Waals surface area contributed by atoms with Crippen molar-refractivity contribution in [2.75, 3.05) is 13.1 Å². The molecule has 0 saturated heterocycles. The van der Waals surface area contributed by atoms with E-state index < -0.39 is 0 Å². The summed E-state index contributed by atoms with van der Waals surface area (Å²) in [5.41, 5.74) is 0.768. The Kier molecular flexibility index (Phi) is 5.65. The molecule has 0 spiro atoms. The summed E-state index contributed by atoms with van der Waals surface area (Å²) in [7, 11) is 0. The molecule has 3 heterocycles. The number of carbonyl (C=O) groups excluding carboxylic acids is 1. The first-order valence-corrected chi connectivity index (χ1v) is 10.2. The summed E-state index contributed by atoms with van der Waals surface area (Å²) in [4.78, 5) is 33.5. The summed E-state index contributed by atoms with van der Waals surface area (Å²) in [6, 6.07) is 3.97. The zero-order valence-corrected chi connectivity index (χ0v) is 16.0. The Morgan fingerprint density at radius 1 is 1.24 bits per heavy atom. The SMILES string of the molecule is CCCN(CCC)C(=O)Cn1cnc2scc(-c3cccs3)c2c1=O. The smallest absolute Gasteiger partial charge is 0.263 e. The van der Waals surface area contributed by atoms with E-state index in [2.05, 4.69) is 4.98 Å². The molecule has 0 fully saturated rings. The van der Waals surface area contributed by atoms with Crippen LogP contribution < -0.4 is 5.56 Å². The Morgan fingerprint density at radius 3 is 2.64 bits per heavy atom. The van der Waals surface area contributed by atoms with Gasteiger partial charge >= 0.3 is 0 Å². The van der Waals surface area contributed by atoms with Crippen molar-refractivity contribution in [3.8, 4) is 10.4 Å². The lowest BCUT2D eigenvalue weighted by atomic mass is 10.2. The average Bonchev–Trinajstić information content (AvgIpc) is 3.26. The molecule has 132 valence electrons. The van der Waals surface area contributed by atoms with Gasteiger partial charge in [0.2, 0.25) is 5.91 Å². The number of nitrogens with zero attached hydrogens (tertiary/aromatic N) is 3. The van der Waals surface area contributed by atoms with E-state index in [0.717, 1.165) is 41.2 Å². The Morgan fingerprint density at radius 2 is 2.00 bits per heavy atom. The molecule has 0 unspecified atom stereocenters. The van der Waals surface area contributed by atoms with E-state index in [0.29, 0.717) is 5.39 Å². The van der Waals surface area contributed by atoms with Crippen LogP contribution in [-0.2, 0) is 11.3 Å². The predicted molar refractivity (Wildman–Crippen MR) is 104 cm³/mol. The van der Waals surface area contributed by atoms with Crippen LogP contribution in [0.5, 0.6) is 0 Å². The van der Waals surface area contributed by atoms with E-state index in [1.807, 2.05) is 41.6 Å². The third-order valence-electron chi connectivity index (χ3n) is 3.99. The highest BCUT2D eigenvalue weighted by Gasteiger charge is 2.17. The normalized spacial score (nSPS) is 11.1. The van der Waals surface area contributed by atoms with Gasteiger partial charge in [-0.3, -0.25) is 14.2 Å². The lowest BCUT2D eigenvalue weighted by Crippen LogP contribution is -2.37. The summed E-state index contributed by atoms with van der Waals surface area (Å²) < 4.78 is 1.44. The lowest BCUT2D eigenvalue weighted by Gasteiger charge is -2.21. The minimum atomic E-state index is -0.143. The van der Waals surface area contributed by atoms with Gasteiger partial charge in [-0.25, -0.2) is 4.98 Å². The molecule has 1 amide bonds. The number of hydrogen-bond acceptors (Lipinski definition) is 5. The Hall–Kier alpha value is -1.99. The molecule has 0 bridgehead atoms. The molecule has 3 aromatic heterocycles. The maximum absolute atomic E-state index is 12.9. The minimum absolute atomic E-state index is 0.0279. The molecule has 3 aromatic rings. The standard InChI is InChI=1S/C18H21N3O2S2/c1-3-7-20(8-4-2)15(22)10-21-12-19-17-16(18(21)23)13(11-25-17)14-6-5-9-24-14/h5-6,9,11-12H,3-4,7-8,10H2,1-2H3. The van der Waals surface area contributed by atoms with Crippen LogP contribution in [-0.4, -0.2) is 33.4 Å². The molecule has 0 atom stereocenters. The highest BCUT2D eigenvalue weighted by Crippen LogP contribution is 2.33. The van der Waals surface area contributed by atoms with Gasteiger partial charge in [-0.2, -0.15) is 0 Å². The van der Waals surface area contributed by atoms with Gasteiger partial charge in [0.25, 0.3) is 5.56 Å². The van der Waals surface area contributed by atoms with Gasteiger partial charge in [0, 0.05) is 28.9 Å². The first kappa shape index (κ1) is 17.8. The molecular weight excluding hydrogens is 354 g/mol. The van der Waals surface area contributed by atoms with E-state index in [4.69, 9.17) is 0 Å². The first-order chi connectivity index (χ1) is 12.2. The van der Waals surface area contributed by atoms with Crippen LogP contribution in [0.25, 0.3) is 20.7 Å². The molecular formula is C18H21N3O2S2. The monoisotopic (exact) mass is 375 g/mol. The van der Waals surface area contributed by atoms with E-state index in [1.165, 1.54) is 22.2 Å². The second kappa shape index (κ2) is 7.93. The highest BCUT2D eigenvalue weighted by molar-refractivity contribution is 7.18. The second-order valence-electron chi connectivity index (χ2n) is 5.87. The molecule has 25 heavy (non-hydrogen) atoms. The quantitative estimate of drug-likeness (QED) is 0.630. The van der Waals surface area contributed by atoms with Crippen molar-refractivity contribution in [2.24, 2.45) is 0 Å². The van der Waals surface area contributed by atoms with Crippen molar-refractivity contribution in [1.82, 2.24) is 14.5 Å². The van der Waals surface area contributed by atoms with Crippen molar-refractivity contribution >= 4 is 38.8 Å². The molecule has 7 heteroatoms. The summed E-state index contributed by atoms with van der Waals surface area (Å²) in [5, 5.41) is 4.57. The van der Waals surface area contributed by atoms with Gasteiger partial charge in [-0.05, 0) is 24.3 Å². The van der Waals surface area contributed by atoms with Gasteiger partial charge in [0.1, 0.15) is 11.4 Å². The molecule has 0 radical (unpaired) electrons. The van der Waals surface area contributed by atoms with Crippen molar-refractivity contribution < 1.29 is 4.79 Å². The van der Waals surface area contributed by atoms with Crippen LogP contribution in [0.2, 0.25) is 0 Å². The number of hydrogen-bond donors (Lipinski definition) is 0. The molecule has 3 rings (SSSR count). The van der Waals surface area contributed by atoms with E-state index in [-0.39, 0.29) is 18.0 Å². The van der Waals surface area contributed by atoms with Gasteiger partial charge in [0.15, 0.2) is 0 Å². The van der Waals surface area contributed by atoms with Crippen LogP contribution in [0, 0.1) is 0 Å². The molecule has 0 N–H and O–H groups in total. The number of thiophene rings is 2. The van der Waals surface area contributed by atoms with Crippen molar-refractivity contribution in [1.29, 1.82) is 0 Å². The number of amides is 1. The highest BCUT2D eigenvalue weighted by atomic mass is 32.1. The number of carbonyl (C=O) groups is 1. The number of rotatable bonds is 7. The fourth-order valence-electron chi connectivity index (χ4n) is 2.84. The molecule has 0 aromatic carbocycles. The Balaban J connectivity index is 1.95. The Bertz CT molecular complexity index is 906. The number of aromatic nitrogens is 2. The van der Waals surface area contributed by atoms with Crippen LogP contribution in [0.15, 0.2) is 34.0 Å². The van der Waals surface area contributed by atoms with E-state index >= 15 is 0 Å². The van der Waals surface area contributed by atoms with Gasteiger partial charge in [0.05, 0.1) is 11.7 Å². The topological polar surface area (TPSA) is 55.2 Å². The molecule has 0 saturated carbocycles. The summed E-state index contributed by atoms with van der Waals surface area (Å²) in [5.74, 6) is -0.0279. The average molecular weight is 376 g/mol. The zero-order valence-electron chi connectivity index (χ0n) is 14.4. The first-order valence-electron chi connectivity index (χ1n) is 8.44. The zero-order chi connectivity index (χ0) is 17.8. The van der Waals surface area contributed by atoms with Gasteiger partial charge in [-0.15, -0.1) is 22.7 Å². The molecule has 0 aliphatic carbocycles. The van der Waals surface area contributed by atoms with Gasteiger partial charge in [-0.1, -0.05) is 19.9 Å². The minimum Gasteiger partial charge on any atom is -0.341 e. The van der Waals surface area contributed by atoms with Crippen LogP contribution in [0.4, 0.5) is 0 Å².